The summed E-state index contributed by atoms with van der Waals surface area (Å²) in [4.78, 5) is 2.12. The molecule has 1 fully saturated rings. The molecule has 3 unspecified atom stereocenters. The van der Waals surface area contributed by atoms with Gasteiger partial charge in [-0.25, -0.2) is 0 Å². The van der Waals surface area contributed by atoms with Crippen molar-refractivity contribution < 1.29 is 5.11 Å². The number of nitrogens with one attached hydrogen (secondary N) is 1. The van der Waals surface area contributed by atoms with Crippen molar-refractivity contribution in [1.29, 1.82) is 5.41 Å². The number of aliphatic hydroxyl groups is 1. The number of β-amino-alcohol motifs (C(OH)–C–C–N with tert-alkyl or cyclic N) is 1. The molecule has 0 bridgehead atoms. The minimum atomic E-state index is -0.247. The lowest BCUT2D eigenvalue weighted by atomic mass is 10.1. The van der Waals surface area contributed by atoms with Crippen LogP contribution in [0.2, 0.25) is 0 Å². The molecule has 0 aliphatic carbocycles. The van der Waals surface area contributed by atoms with E-state index in [9.17, 15) is 5.11 Å². The monoisotopic (exact) mass is 185 g/mol. The number of hydrogen-bond acceptors (Lipinski definition) is 3. The summed E-state index contributed by atoms with van der Waals surface area (Å²) in [6.07, 6.45) is 1.39. The highest BCUT2D eigenvalue weighted by Crippen LogP contribution is 2.21. The van der Waals surface area contributed by atoms with E-state index in [0.29, 0.717) is 12.6 Å². The molecule has 0 aromatic rings. The zero-order valence-corrected chi connectivity index (χ0v) is 8.33. The Kier molecular flexibility index (Phi) is 3.27. The first-order chi connectivity index (χ1) is 6.06. The van der Waals surface area contributed by atoms with E-state index in [1.165, 1.54) is 0 Å². The van der Waals surface area contributed by atoms with Gasteiger partial charge in [0.25, 0.3) is 0 Å². The molecule has 1 aliphatic heterocycles. The number of nitrogens with two attached hydrogens (primary N) is 1. The third-order valence-electron chi connectivity index (χ3n) is 2.75. The van der Waals surface area contributed by atoms with E-state index in [1.807, 2.05) is 6.92 Å². The fourth-order valence-electron chi connectivity index (χ4n) is 2.09. The lowest BCUT2D eigenvalue weighted by Gasteiger charge is -2.29. The van der Waals surface area contributed by atoms with Crippen molar-refractivity contribution in [1.82, 2.24) is 4.90 Å². The Labute approximate surface area is 79.2 Å². The average Bonchev–Trinajstić information content (AvgIpc) is 2.31. The summed E-state index contributed by atoms with van der Waals surface area (Å²) in [5, 5.41) is 16.9. The van der Waals surface area contributed by atoms with E-state index in [2.05, 4.69) is 11.8 Å². The second kappa shape index (κ2) is 4.07. The van der Waals surface area contributed by atoms with Crippen LogP contribution < -0.4 is 5.73 Å². The van der Waals surface area contributed by atoms with Crippen molar-refractivity contribution >= 4 is 5.84 Å². The normalized spacial score (nSPS) is 31.9. The first-order valence-electron chi connectivity index (χ1n) is 4.84. The van der Waals surface area contributed by atoms with E-state index in [0.717, 1.165) is 12.8 Å². The Hall–Kier alpha value is -0.610. The highest BCUT2D eigenvalue weighted by atomic mass is 16.3. The molecule has 0 radical (unpaired) electrons. The van der Waals surface area contributed by atoms with Crippen LogP contribution in [0.1, 0.15) is 26.7 Å². The summed E-state index contributed by atoms with van der Waals surface area (Å²) in [7, 11) is 0. The SMILES string of the molecule is CCC(C(=N)N)N1CC(O)CC1C. The summed E-state index contributed by atoms with van der Waals surface area (Å²) >= 11 is 0. The molecule has 0 aromatic carbocycles. The fraction of sp³-hybridized carbons (Fsp3) is 0.889. The van der Waals surface area contributed by atoms with Gasteiger partial charge in [0, 0.05) is 12.6 Å². The molecular weight excluding hydrogens is 166 g/mol. The molecule has 0 saturated carbocycles. The first kappa shape index (κ1) is 10.5. The first-order valence-corrected chi connectivity index (χ1v) is 4.84. The van der Waals surface area contributed by atoms with Gasteiger partial charge in [0.05, 0.1) is 12.1 Å². The van der Waals surface area contributed by atoms with Crippen LogP contribution in [0.25, 0.3) is 0 Å². The zero-order valence-electron chi connectivity index (χ0n) is 8.33. The van der Waals surface area contributed by atoms with Gasteiger partial charge in [0.15, 0.2) is 0 Å². The standard InChI is InChI=1S/C9H19N3O/c1-3-8(9(10)11)12-5-7(13)4-6(12)2/h6-8,13H,3-5H2,1-2H3,(H3,10,11). The van der Waals surface area contributed by atoms with Crippen LogP contribution >= 0.6 is 0 Å². The summed E-state index contributed by atoms with van der Waals surface area (Å²) in [5.74, 6) is 0.212. The molecule has 0 aromatic heterocycles. The van der Waals surface area contributed by atoms with Crippen molar-refractivity contribution in [3.05, 3.63) is 0 Å². The highest BCUT2D eigenvalue weighted by molar-refractivity contribution is 5.82. The number of hydrogen-bond donors (Lipinski definition) is 3. The summed E-state index contributed by atoms with van der Waals surface area (Å²) < 4.78 is 0. The van der Waals surface area contributed by atoms with Crippen LogP contribution in [0.15, 0.2) is 0 Å². The van der Waals surface area contributed by atoms with E-state index < -0.39 is 0 Å². The van der Waals surface area contributed by atoms with Gasteiger partial charge in [-0.3, -0.25) is 10.3 Å². The second-order valence-electron chi connectivity index (χ2n) is 3.81. The molecule has 0 spiro atoms. The maximum atomic E-state index is 9.44. The Morgan fingerprint density at radius 2 is 2.38 bits per heavy atom. The maximum Gasteiger partial charge on any atom is 0.108 e. The van der Waals surface area contributed by atoms with Gasteiger partial charge in [-0.15, -0.1) is 0 Å². The quantitative estimate of drug-likeness (QED) is 0.433. The molecule has 1 saturated heterocycles. The lowest BCUT2D eigenvalue weighted by molar-refractivity contribution is 0.166. The van der Waals surface area contributed by atoms with Crippen molar-refractivity contribution in [2.45, 2.75) is 44.9 Å². The minimum absolute atomic E-state index is 0.00662. The molecule has 4 nitrogen and oxygen atoms in total. The Bertz CT molecular complexity index is 195. The van der Waals surface area contributed by atoms with E-state index in [1.54, 1.807) is 0 Å². The van der Waals surface area contributed by atoms with E-state index in [-0.39, 0.29) is 18.0 Å². The van der Waals surface area contributed by atoms with E-state index >= 15 is 0 Å². The molecule has 4 heteroatoms. The molecule has 1 heterocycles. The fourth-order valence-corrected chi connectivity index (χ4v) is 2.09. The third kappa shape index (κ3) is 2.19. The average molecular weight is 185 g/mol. The van der Waals surface area contributed by atoms with Crippen molar-refractivity contribution in [2.75, 3.05) is 6.54 Å². The van der Waals surface area contributed by atoms with Crippen LogP contribution in [0.4, 0.5) is 0 Å². The van der Waals surface area contributed by atoms with Gasteiger partial charge in [0.1, 0.15) is 5.84 Å². The van der Waals surface area contributed by atoms with Crippen LogP contribution in [-0.2, 0) is 0 Å². The number of aliphatic hydroxyl groups excluding tert-OH is 1. The van der Waals surface area contributed by atoms with Gasteiger partial charge in [-0.1, -0.05) is 6.92 Å². The summed E-state index contributed by atoms with van der Waals surface area (Å²) in [6.45, 7) is 4.74. The Morgan fingerprint density at radius 3 is 2.69 bits per heavy atom. The maximum absolute atomic E-state index is 9.44. The topological polar surface area (TPSA) is 73.3 Å². The second-order valence-corrected chi connectivity index (χ2v) is 3.81. The van der Waals surface area contributed by atoms with Gasteiger partial charge in [0.2, 0.25) is 0 Å². The number of rotatable bonds is 3. The Balaban J connectivity index is 2.64. The number of amidine groups is 1. The predicted octanol–water partition coefficient (Wildman–Crippen LogP) is 0.156. The van der Waals surface area contributed by atoms with Crippen molar-refractivity contribution in [3.8, 4) is 0 Å². The molecular formula is C9H19N3O. The summed E-state index contributed by atoms with van der Waals surface area (Å²) in [5.41, 5.74) is 5.49. The molecule has 13 heavy (non-hydrogen) atoms. The third-order valence-corrected chi connectivity index (χ3v) is 2.75. The minimum Gasteiger partial charge on any atom is -0.392 e. The van der Waals surface area contributed by atoms with Gasteiger partial charge >= 0.3 is 0 Å². The lowest BCUT2D eigenvalue weighted by Crippen LogP contribution is -2.45. The molecule has 3 atom stereocenters. The van der Waals surface area contributed by atoms with Crippen LogP contribution in [0, 0.1) is 5.41 Å². The van der Waals surface area contributed by atoms with Crippen LogP contribution in [0.3, 0.4) is 0 Å². The van der Waals surface area contributed by atoms with E-state index in [4.69, 9.17) is 11.1 Å². The summed E-state index contributed by atoms with van der Waals surface area (Å²) in [6, 6.07) is 0.344. The van der Waals surface area contributed by atoms with Gasteiger partial charge in [-0.2, -0.15) is 0 Å². The zero-order chi connectivity index (χ0) is 10.0. The molecule has 0 amide bonds. The highest BCUT2D eigenvalue weighted by Gasteiger charge is 2.33. The number of nitrogens with zero attached hydrogens (tertiary/aromatic N) is 1. The molecule has 1 aliphatic rings. The smallest absolute Gasteiger partial charge is 0.108 e. The van der Waals surface area contributed by atoms with Crippen LogP contribution in [0.5, 0.6) is 0 Å². The van der Waals surface area contributed by atoms with Gasteiger partial charge in [-0.05, 0) is 19.8 Å². The van der Waals surface area contributed by atoms with Crippen molar-refractivity contribution in [3.63, 3.8) is 0 Å². The predicted molar refractivity (Wildman–Crippen MR) is 52.8 cm³/mol. The van der Waals surface area contributed by atoms with Crippen LogP contribution in [-0.4, -0.2) is 40.6 Å². The number of likely N-dealkylation sites (tertiary alicyclic amines) is 1. The Morgan fingerprint density at radius 1 is 1.77 bits per heavy atom. The van der Waals surface area contributed by atoms with Crippen molar-refractivity contribution in [2.24, 2.45) is 5.73 Å². The molecule has 76 valence electrons. The molecule has 4 N–H and O–H groups in total. The van der Waals surface area contributed by atoms with Gasteiger partial charge < -0.3 is 10.8 Å². The largest absolute Gasteiger partial charge is 0.392 e. The molecule has 1 rings (SSSR count).